The number of rotatable bonds is 3. The summed E-state index contributed by atoms with van der Waals surface area (Å²) in [6.07, 6.45) is 0.816. The molecule has 1 aromatic heterocycles. The van der Waals surface area contributed by atoms with Crippen molar-refractivity contribution in [2.24, 2.45) is 0 Å². The lowest BCUT2D eigenvalue weighted by Crippen LogP contribution is -2.30. The number of halogens is 1. The fourth-order valence-electron chi connectivity index (χ4n) is 3.23. The molecule has 3 aromatic rings. The van der Waals surface area contributed by atoms with E-state index >= 15 is 0 Å². The van der Waals surface area contributed by atoms with Crippen LogP contribution in [0.3, 0.4) is 0 Å². The second-order valence-corrected chi connectivity index (χ2v) is 7.07. The molecule has 1 aliphatic rings. The normalized spacial score (nSPS) is 12.6. The van der Waals surface area contributed by atoms with Crippen LogP contribution in [0.1, 0.15) is 32.1 Å². The number of nitrogens with one attached hydrogen (secondary N) is 1. The summed E-state index contributed by atoms with van der Waals surface area (Å²) in [5, 5.41) is 3.34. The summed E-state index contributed by atoms with van der Waals surface area (Å²) in [5.41, 5.74) is 3.96. The maximum Gasteiger partial charge on any atom is 0.276 e. The van der Waals surface area contributed by atoms with Gasteiger partial charge < -0.3 is 10.2 Å². The molecule has 0 atom stereocenters. The maximum atomic E-state index is 12.9. The largest absolute Gasteiger partial charge is 0.321 e. The Bertz CT molecular complexity index is 1080. The van der Waals surface area contributed by atoms with Crippen LogP contribution in [0.2, 0.25) is 5.02 Å². The van der Waals surface area contributed by atoms with Gasteiger partial charge in [-0.3, -0.25) is 9.59 Å². The minimum absolute atomic E-state index is 0.176. The Hall–Kier alpha value is -3.18. The minimum Gasteiger partial charge on any atom is -0.321 e. The highest BCUT2D eigenvalue weighted by atomic mass is 35.5. The molecule has 0 saturated carbocycles. The van der Waals surface area contributed by atoms with Gasteiger partial charge in [0.2, 0.25) is 0 Å². The van der Waals surface area contributed by atoms with Crippen molar-refractivity contribution in [3.63, 3.8) is 0 Å². The number of para-hydroxylation sites is 1. The van der Waals surface area contributed by atoms with Crippen LogP contribution in [-0.2, 0) is 6.42 Å². The highest BCUT2D eigenvalue weighted by molar-refractivity contribution is 6.31. The molecule has 0 unspecified atom stereocenters. The number of pyridine rings is 1. The predicted octanol–water partition coefficient (Wildman–Crippen LogP) is 4.50. The van der Waals surface area contributed by atoms with Crippen LogP contribution in [0, 0.1) is 6.92 Å². The quantitative estimate of drug-likeness (QED) is 0.715. The molecule has 4 rings (SSSR count). The highest BCUT2D eigenvalue weighted by Gasteiger charge is 2.26. The van der Waals surface area contributed by atoms with Crippen molar-refractivity contribution in [1.29, 1.82) is 0 Å². The number of nitrogens with zero attached hydrogens (tertiary/aromatic N) is 2. The third-order valence-corrected chi connectivity index (χ3v) is 5.17. The zero-order valence-electron chi connectivity index (χ0n) is 15.3. The van der Waals surface area contributed by atoms with Crippen LogP contribution in [0.15, 0.2) is 60.7 Å². The number of carbonyl (C=O) groups is 2. The van der Waals surface area contributed by atoms with Crippen molar-refractivity contribution < 1.29 is 9.59 Å². The number of aromatic nitrogens is 1. The lowest BCUT2D eigenvalue weighted by atomic mass is 10.2. The molecule has 6 heteroatoms. The number of hydrogen-bond acceptors (Lipinski definition) is 3. The summed E-state index contributed by atoms with van der Waals surface area (Å²) in [7, 11) is 0. The Kier molecular flexibility index (Phi) is 4.84. The summed E-state index contributed by atoms with van der Waals surface area (Å²) in [6.45, 7) is 2.50. The van der Waals surface area contributed by atoms with Gasteiger partial charge in [-0.2, -0.15) is 0 Å². The summed E-state index contributed by atoms with van der Waals surface area (Å²) in [6, 6.07) is 18.0. The molecular formula is C22H18ClN3O2. The van der Waals surface area contributed by atoms with Crippen molar-refractivity contribution in [1.82, 2.24) is 4.98 Å². The van der Waals surface area contributed by atoms with Crippen molar-refractivity contribution in [2.75, 3.05) is 16.8 Å². The molecule has 0 radical (unpaired) electrons. The number of carbonyl (C=O) groups excluding carboxylic acids is 2. The van der Waals surface area contributed by atoms with E-state index in [2.05, 4.69) is 10.3 Å². The molecular weight excluding hydrogens is 374 g/mol. The first-order chi connectivity index (χ1) is 13.5. The Balaban J connectivity index is 1.55. The molecule has 0 fully saturated rings. The van der Waals surface area contributed by atoms with E-state index in [0.29, 0.717) is 17.3 Å². The van der Waals surface area contributed by atoms with Gasteiger partial charge in [0.25, 0.3) is 11.8 Å². The van der Waals surface area contributed by atoms with E-state index in [4.69, 9.17) is 11.6 Å². The number of hydrogen-bond donors (Lipinski definition) is 1. The van der Waals surface area contributed by atoms with Gasteiger partial charge in [-0.25, -0.2) is 4.98 Å². The van der Waals surface area contributed by atoms with Gasteiger partial charge in [-0.1, -0.05) is 41.9 Å². The third kappa shape index (κ3) is 3.49. The van der Waals surface area contributed by atoms with Gasteiger partial charge in [-0.05, 0) is 54.8 Å². The first-order valence-electron chi connectivity index (χ1n) is 8.97. The molecule has 1 aliphatic heterocycles. The first-order valence-corrected chi connectivity index (χ1v) is 9.35. The SMILES string of the molecule is Cc1ccc(NC(=O)c2cccc(C(=O)N3CCc4ccccc43)n2)cc1Cl. The average Bonchev–Trinajstić information content (AvgIpc) is 3.14. The van der Waals surface area contributed by atoms with E-state index in [1.54, 1.807) is 35.2 Å². The smallest absolute Gasteiger partial charge is 0.276 e. The summed E-state index contributed by atoms with van der Waals surface area (Å²) in [4.78, 5) is 31.5. The van der Waals surface area contributed by atoms with Crippen molar-refractivity contribution in [3.05, 3.63) is 88.2 Å². The number of anilines is 2. The predicted molar refractivity (Wildman–Crippen MR) is 110 cm³/mol. The highest BCUT2D eigenvalue weighted by Crippen LogP contribution is 2.28. The zero-order chi connectivity index (χ0) is 19.7. The summed E-state index contributed by atoms with van der Waals surface area (Å²) in [5.74, 6) is -0.602. The monoisotopic (exact) mass is 391 g/mol. The first kappa shape index (κ1) is 18.2. The Morgan fingerprint density at radius 2 is 1.82 bits per heavy atom. The second kappa shape index (κ2) is 7.44. The Labute approximate surface area is 168 Å². The van der Waals surface area contributed by atoms with Crippen LogP contribution >= 0.6 is 11.6 Å². The van der Waals surface area contributed by atoms with Gasteiger partial charge in [0.15, 0.2) is 0 Å². The Morgan fingerprint density at radius 1 is 1.04 bits per heavy atom. The molecule has 1 N–H and O–H groups in total. The number of amides is 2. The molecule has 2 heterocycles. The standard InChI is InChI=1S/C22H18ClN3O2/c1-14-9-10-16(13-17(14)23)24-21(27)18-6-4-7-19(25-18)22(28)26-12-11-15-5-2-3-8-20(15)26/h2-10,13H,11-12H2,1H3,(H,24,27). The number of fused-ring (bicyclic) bond motifs is 1. The Morgan fingerprint density at radius 3 is 2.64 bits per heavy atom. The van der Waals surface area contributed by atoms with Gasteiger partial charge in [0, 0.05) is 22.9 Å². The van der Waals surface area contributed by atoms with E-state index < -0.39 is 5.91 Å². The van der Waals surface area contributed by atoms with Crippen LogP contribution in [0.4, 0.5) is 11.4 Å². The van der Waals surface area contributed by atoms with Crippen molar-refractivity contribution in [3.8, 4) is 0 Å². The summed E-state index contributed by atoms with van der Waals surface area (Å²) < 4.78 is 0. The molecule has 0 saturated heterocycles. The van der Waals surface area contributed by atoms with Gasteiger partial charge in [0.05, 0.1) is 0 Å². The maximum absolute atomic E-state index is 12.9. The van der Waals surface area contributed by atoms with E-state index in [1.807, 2.05) is 37.3 Å². The van der Waals surface area contributed by atoms with Crippen molar-refractivity contribution >= 4 is 34.8 Å². The molecule has 2 amide bonds. The van der Waals surface area contributed by atoms with Crippen LogP contribution in [0.25, 0.3) is 0 Å². The van der Waals surface area contributed by atoms with Crippen LogP contribution < -0.4 is 10.2 Å². The topological polar surface area (TPSA) is 62.3 Å². The van der Waals surface area contributed by atoms with Gasteiger partial charge in [0.1, 0.15) is 11.4 Å². The third-order valence-electron chi connectivity index (χ3n) is 4.76. The van der Waals surface area contributed by atoms with E-state index in [1.165, 1.54) is 0 Å². The molecule has 28 heavy (non-hydrogen) atoms. The number of aryl methyl sites for hydroxylation is 1. The van der Waals surface area contributed by atoms with E-state index in [0.717, 1.165) is 23.2 Å². The lowest BCUT2D eigenvalue weighted by Gasteiger charge is -2.17. The van der Waals surface area contributed by atoms with Gasteiger partial charge >= 0.3 is 0 Å². The summed E-state index contributed by atoms with van der Waals surface area (Å²) >= 11 is 6.11. The fourth-order valence-corrected chi connectivity index (χ4v) is 3.41. The number of benzene rings is 2. The van der Waals surface area contributed by atoms with E-state index in [-0.39, 0.29) is 17.3 Å². The lowest BCUT2D eigenvalue weighted by molar-refractivity contribution is 0.0984. The minimum atomic E-state index is -0.392. The average molecular weight is 392 g/mol. The van der Waals surface area contributed by atoms with Gasteiger partial charge in [-0.15, -0.1) is 0 Å². The molecule has 0 spiro atoms. The fraction of sp³-hybridized carbons (Fsp3) is 0.136. The second-order valence-electron chi connectivity index (χ2n) is 6.66. The van der Waals surface area contributed by atoms with E-state index in [9.17, 15) is 9.59 Å². The molecule has 2 aromatic carbocycles. The van der Waals surface area contributed by atoms with Crippen LogP contribution in [0.5, 0.6) is 0 Å². The van der Waals surface area contributed by atoms with Crippen molar-refractivity contribution in [2.45, 2.75) is 13.3 Å². The zero-order valence-corrected chi connectivity index (χ0v) is 16.0. The molecule has 140 valence electrons. The molecule has 5 nitrogen and oxygen atoms in total. The van der Waals surface area contributed by atoms with Crippen LogP contribution in [-0.4, -0.2) is 23.3 Å². The molecule has 0 aliphatic carbocycles. The molecule has 0 bridgehead atoms.